The predicted octanol–water partition coefficient (Wildman–Crippen LogP) is 6.18. The van der Waals surface area contributed by atoms with Gasteiger partial charge in [-0.3, -0.25) is 19.2 Å². The molecule has 3 aliphatic heterocycles. The molecule has 2 aliphatic carbocycles. The minimum atomic E-state index is -4.75. The van der Waals surface area contributed by atoms with Gasteiger partial charge >= 0.3 is 11.0 Å². The SMILES string of the molecule is O=C(COc1ccc(Cl)cc1[C@@H]1c2sc(=O)[nH]c2S[C@@H]2[C@@H]3C[C@@H]([C@@H]4C(=O)N(c5ccccc5C(F)(F)F)C(=O)[C@@H]34)[C@H]12)N1CCCCC1. The van der Waals surface area contributed by atoms with Gasteiger partial charge in [0, 0.05) is 39.7 Å². The molecule has 8 rings (SSSR count). The van der Waals surface area contributed by atoms with Gasteiger partial charge in [0.25, 0.3) is 5.91 Å². The van der Waals surface area contributed by atoms with Crippen LogP contribution in [0, 0.1) is 29.6 Å². The molecule has 1 aromatic heterocycles. The number of thioether (sulfide) groups is 1. The fraction of sp³-hybridized carbons (Fsp3) is 0.455. The first-order chi connectivity index (χ1) is 22.5. The molecule has 3 aromatic rings. The molecule has 0 radical (unpaired) electrons. The number of likely N-dealkylation sites (tertiary alicyclic amines) is 1. The van der Waals surface area contributed by atoms with Crippen LogP contribution >= 0.6 is 34.7 Å². The molecular weight excluding hydrogens is 675 g/mol. The second-order valence-electron chi connectivity index (χ2n) is 12.9. The molecular formula is C33H29ClF3N3O5S2. The molecule has 5 aliphatic rings. The number of nitrogens with one attached hydrogen (secondary N) is 1. The number of aromatic amines is 1. The van der Waals surface area contributed by atoms with E-state index in [1.54, 1.807) is 23.1 Å². The zero-order valence-corrected chi connectivity index (χ0v) is 27.2. The number of ether oxygens (including phenoxy) is 1. The number of nitrogens with zero attached hydrogens (tertiary/aromatic N) is 2. The smallest absolute Gasteiger partial charge is 0.418 e. The second-order valence-corrected chi connectivity index (χ2v) is 15.5. The number of imide groups is 1. The van der Waals surface area contributed by atoms with E-state index in [1.807, 2.05) is 0 Å². The summed E-state index contributed by atoms with van der Waals surface area (Å²) in [7, 11) is 0. The largest absolute Gasteiger partial charge is 0.483 e. The van der Waals surface area contributed by atoms with Crippen LogP contribution in [-0.2, 0) is 20.6 Å². The van der Waals surface area contributed by atoms with Crippen LogP contribution in [0.2, 0.25) is 5.02 Å². The number of thiazole rings is 1. The number of aromatic nitrogens is 1. The Morgan fingerprint density at radius 3 is 2.47 bits per heavy atom. The van der Waals surface area contributed by atoms with Gasteiger partial charge in [-0.25, -0.2) is 4.90 Å². The Balaban J connectivity index is 1.17. The molecule has 4 fully saturated rings. The number of hydrogen-bond acceptors (Lipinski definition) is 7. The topological polar surface area (TPSA) is 99.8 Å². The minimum Gasteiger partial charge on any atom is -0.483 e. The van der Waals surface area contributed by atoms with E-state index < -0.39 is 47.0 Å². The summed E-state index contributed by atoms with van der Waals surface area (Å²) in [6, 6.07) is 9.85. The van der Waals surface area contributed by atoms with Crippen LogP contribution in [0.4, 0.5) is 18.9 Å². The number of para-hydroxylation sites is 1. The standard InChI is InChI=1S/C33H29ClF3N3O5S2/c34-15-8-9-21(45-14-22(41)39-10-4-1-5-11-39)16(12-15)23-24-17-13-18(27(24)46-29-28(23)47-32(44)38-29)26-25(17)30(42)40(31(26)43)20-7-3-2-6-19(20)33(35,36)37/h2-3,6-9,12,17-18,23-27H,1,4-5,10-11,13-14H2,(H,38,44)/t17-,18-,23+,24-,25+,26+,27-/m1/s1. The summed E-state index contributed by atoms with van der Waals surface area (Å²) >= 11 is 9.08. The average Bonchev–Trinajstić information content (AvgIpc) is 3.79. The van der Waals surface area contributed by atoms with Gasteiger partial charge in [0.05, 0.1) is 28.1 Å². The van der Waals surface area contributed by atoms with Crippen LogP contribution in [0.25, 0.3) is 0 Å². The number of piperidine rings is 1. The van der Waals surface area contributed by atoms with Crippen molar-refractivity contribution in [3.63, 3.8) is 0 Å². The lowest BCUT2D eigenvalue weighted by atomic mass is 9.68. The van der Waals surface area contributed by atoms with E-state index in [0.29, 0.717) is 40.9 Å². The molecule has 7 atom stereocenters. The highest BCUT2D eigenvalue weighted by atomic mass is 35.5. The lowest BCUT2D eigenvalue weighted by Crippen LogP contribution is -2.43. The highest BCUT2D eigenvalue weighted by Crippen LogP contribution is 2.69. The van der Waals surface area contributed by atoms with Crippen LogP contribution < -0.4 is 14.5 Å². The summed E-state index contributed by atoms with van der Waals surface area (Å²) in [5.41, 5.74) is -0.794. The Morgan fingerprint density at radius 2 is 1.72 bits per heavy atom. The Kier molecular flexibility index (Phi) is 7.53. The molecule has 3 amide bonds. The van der Waals surface area contributed by atoms with Crippen molar-refractivity contribution in [1.29, 1.82) is 0 Å². The first-order valence-corrected chi connectivity index (χ1v) is 17.7. The van der Waals surface area contributed by atoms with Gasteiger partial charge in [-0.2, -0.15) is 13.2 Å². The number of fused-ring (bicyclic) bond motifs is 9. The Bertz CT molecular complexity index is 1860. The molecule has 2 aromatic carbocycles. The third-order valence-electron chi connectivity index (χ3n) is 10.5. The maximum atomic E-state index is 14.1. The number of alkyl halides is 3. The number of rotatable bonds is 5. The molecule has 1 N–H and O–H groups in total. The number of H-pyrrole nitrogens is 1. The van der Waals surface area contributed by atoms with Crippen molar-refractivity contribution in [2.75, 3.05) is 24.6 Å². The molecule has 246 valence electrons. The van der Waals surface area contributed by atoms with E-state index >= 15 is 0 Å². The van der Waals surface area contributed by atoms with Crippen molar-refractivity contribution in [2.24, 2.45) is 29.6 Å². The van der Waals surface area contributed by atoms with Crippen LogP contribution in [-0.4, -0.2) is 52.6 Å². The summed E-state index contributed by atoms with van der Waals surface area (Å²) in [6.07, 6.45) is -1.21. The maximum absolute atomic E-state index is 14.1. The van der Waals surface area contributed by atoms with Crippen molar-refractivity contribution in [2.45, 2.75) is 48.1 Å². The molecule has 2 bridgehead atoms. The van der Waals surface area contributed by atoms with E-state index in [0.717, 1.165) is 46.4 Å². The zero-order valence-electron chi connectivity index (χ0n) is 24.8. The third-order valence-corrected chi connectivity index (χ3v) is 13.4. The van der Waals surface area contributed by atoms with E-state index in [4.69, 9.17) is 16.3 Å². The van der Waals surface area contributed by atoms with E-state index in [-0.39, 0.29) is 40.4 Å². The highest BCUT2D eigenvalue weighted by Gasteiger charge is 2.70. The van der Waals surface area contributed by atoms with Crippen molar-refractivity contribution >= 4 is 58.1 Å². The highest BCUT2D eigenvalue weighted by molar-refractivity contribution is 8.00. The van der Waals surface area contributed by atoms with Gasteiger partial charge in [0.15, 0.2) is 6.61 Å². The van der Waals surface area contributed by atoms with Gasteiger partial charge in [-0.1, -0.05) is 35.1 Å². The van der Waals surface area contributed by atoms with Crippen LogP contribution in [0.1, 0.15) is 47.6 Å². The number of anilines is 1. The summed E-state index contributed by atoms with van der Waals surface area (Å²) in [4.78, 5) is 59.7. The van der Waals surface area contributed by atoms with Crippen LogP contribution in [0.15, 0.2) is 52.3 Å². The fourth-order valence-corrected chi connectivity index (χ4v) is 11.8. The number of halogens is 4. The molecule has 0 spiro atoms. The second kappa shape index (κ2) is 11.4. The predicted molar refractivity (Wildman–Crippen MR) is 170 cm³/mol. The van der Waals surface area contributed by atoms with Crippen molar-refractivity contribution in [3.05, 3.63) is 73.2 Å². The van der Waals surface area contributed by atoms with E-state index in [2.05, 4.69) is 4.98 Å². The molecule has 47 heavy (non-hydrogen) atoms. The molecule has 14 heteroatoms. The Hall–Kier alpha value is -3.29. The number of benzene rings is 2. The monoisotopic (exact) mass is 703 g/mol. The van der Waals surface area contributed by atoms with Gasteiger partial charge in [-0.15, -0.1) is 11.8 Å². The minimum absolute atomic E-state index is 0.119. The molecule has 0 unspecified atom stereocenters. The van der Waals surface area contributed by atoms with Gasteiger partial charge in [0.1, 0.15) is 5.75 Å². The van der Waals surface area contributed by atoms with Gasteiger partial charge < -0.3 is 14.6 Å². The van der Waals surface area contributed by atoms with Gasteiger partial charge in [0.2, 0.25) is 11.8 Å². The molecule has 2 saturated heterocycles. The normalized spacial score (nSPS) is 29.6. The summed E-state index contributed by atoms with van der Waals surface area (Å²) in [6.45, 7) is 1.20. The average molecular weight is 704 g/mol. The van der Waals surface area contributed by atoms with Crippen molar-refractivity contribution in [1.82, 2.24) is 9.88 Å². The molecule has 8 nitrogen and oxygen atoms in total. The van der Waals surface area contributed by atoms with Crippen LogP contribution in [0.3, 0.4) is 0 Å². The van der Waals surface area contributed by atoms with Gasteiger partial charge in [-0.05, 0) is 73.8 Å². The summed E-state index contributed by atoms with van der Waals surface area (Å²) in [5, 5.41) is 0.902. The number of amides is 3. The fourth-order valence-electron chi connectivity index (χ4n) is 8.78. The maximum Gasteiger partial charge on any atom is 0.418 e. The molecule has 4 heterocycles. The number of carbonyl (C=O) groups is 3. The zero-order chi connectivity index (χ0) is 32.8. The number of hydrogen-bond donors (Lipinski definition) is 1. The Labute approximate surface area is 280 Å². The van der Waals surface area contributed by atoms with E-state index in [9.17, 15) is 32.3 Å². The van der Waals surface area contributed by atoms with Crippen molar-refractivity contribution < 1.29 is 32.3 Å². The Morgan fingerprint density at radius 1 is 1.00 bits per heavy atom. The number of carbonyl (C=O) groups excluding carboxylic acids is 3. The quantitative estimate of drug-likeness (QED) is 0.319. The molecule has 2 saturated carbocycles. The first-order valence-electron chi connectivity index (χ1n) is 15.7. The summed E-state index contributed by atoms with van der Waals surface area (Å²) < 4.78 is 48.2. The van der Waals surface area contributed by atoms with E-state index in [1.165, 1.54) is 30.0 Å². The lowest BCUT2D eigenvalue weighted by Gasteiger charge is -2.43. The van der Waals surface area contributed by atoms with Crippen LogP contribution in [0.5, 0.6) is 5.75 Å². The lowest BCUT2D eigenvalue weighted by molar-refractivity contribution is -0.137. The first kappa shape index (κ1) is 31.0. The third kappa shape index (κ3) is 4.94. The van der Waals surface area contributed by atoms with Crippen molar-refractivity contribution in [3.8, 4) is 5.75 Å². The summed E-state index contributed by atoms with van der Waals surface area (Å²) in [5.74, 6) is -3.76.